The van der Waals surface area contributed by atoms with Gasteiger partial charge in [0.05, 0.1) is 12.7 Å². The van der Waals surface area contributed by atoms with Crippen LogP contribution in [0.5, 0.6) is 11.5 Å². The first kappa shape index (κ1) is 45.3. The predicted molar refractivity (Wildman–Crippen MR) is 242 cm³/mol. The molecule has 2 amide bonds. The number of ether oxygens (including phenoxy) is 4. The molecule has 1 unspecified atom stereocenters. The summed E-state index contributed by atoms with van der Waals surface area (Å²) in [5, 5.41) is 9.48. The van der Waals surface area contributed by atoms with Crippen LogP contribution in [0.4, 0.5) is 15.0 Å². The van der Waals surface area contributed by atoms with E-state index in [1.165, 1.54) is 18.2 Å². The number of carbonyl (C=O) groups is 2. The number of nitrogens with one attached hydrogen (secondary N) is 1. The number of rotatable bonds is 14. The molecule has 4 aromatic carbocycles. The zero-order valence-corrected chi connectivity index (χ0v) is 36.7. The van der Waals surface area contributed by atoms with Crippen LogP contribution >= 0.6 is 0 Å². The van der Waals surface area contributed by atoms with Crippen molar-refractivity contribution in [2.75, 3.05) is 31.7 Å². The third-order valence-corrected chi connectivity index (χ3v) is 11.0. The summed E-state index contributed by atoms with van der Waals surface area (Å²) in [5.74, 6) is 0.818. The molecule has 2 aliphatic rings. The number of nitriles is 1. The summed E-state index contributed by atoms with van der Waals surface area (Å²) in [6.07, 6.45) is 8.08. The number of carbonyl (C=O) groups excluding carboxylic acids is 2. The SMILES string of the molecule is COc1ccc(-c2cnc(N3CCC(N(Cc4ccc(/C=C/C(=O)NOC5CCCCO5)cc4)C(=O)OC(C)(C)C)CC3)cc2-c2ccc(C#N)c(F)c2)cc1OCc1ccccc1. The summed E-state index contributed by atoms with van der Waals surface area (Å²) in [6, 6.07) is 31.5. The van der Waals surface area contributed by atoms with Crippen LogP contribution in [-0.2, 0) is 32.3 Å². The third-order valence-electron chi connectivity index (χ3n) is 11.0. The molecule has 2 aliphatic heterocycles. The zero-order chi connectivity index (χ0) is 45.1. The van der Waals surface area contributed by atoms with Crippen molar-refractivity contribution in [2.24, 2.45) is 0 Å². The van der Waals surface area contributed by atoms with Crippen molar-refractivity contribution in [2.45, 2.75) is 84.0 Å². The minimum Gasteiger partial charge on any atom is -0.493 e. The van der Waals surface area contributed by atoms with Gasteiger partial charge in [-0.3, -0.25) is 4.79 Å². The Labute approximate surface area is 374 Å². The molecule has 0 aliphatic carbocycles. The lowest BCUT2D eigenvalue weighted by Crippen LogP contribution is -2.48. The van der Waals surface area contributed by atoms with E-state index in [9.17, 15) is 14.9 Å². The van der Waals surface area contributed by atoms with Crippen molar-refractivity contribution in [1.82, 2.24) is 15.4 Å². The Kier molecular flexibility index (Phi) is 14.9. The zero-order valence-electron chi connectivity index (χ0n) is 36.7. The largest absolute Gasteiger partial charge is 0.493 e. The summed E-state index contributed by atoms with van der Waals surface area (Å²) in [6.45, 7) is 8.05. The highest BCUT2D eigenvalue weighted by atomic mass is 19.1. The average molecular weight is 868 g/mol. The smallest absolute Gasteiger partial charge is 0.410 e. The number of hydrogen-bond donors (Lipinski definition) is 1. The monoisotopic (exact) mass is 867 g/mol. The fourth-order valence-corrected chi connectivity index (χ4v) is 7.69. The van der Waals surface area contributed by atoms with Crippen LogP contribution in [0.3, 0.4) is 0 Å². The Morgan fingerprint density at radius 2 is 1.67 bits per heavy atom. The number of amides is 2. The summed E-state index contributed by atoms with van der Waals surface area (Å²) in [4.78, 5) is 40.4. The first-order valence-electron chi connectivity index (χ1n) is 21.6. The van der Waals surface area contributed by atoms with E-state index < -0.39 is 23.8 Å². The Morgan fingerprint density at radius 1 is 0.922 bits per heavy atom. The highest BCUT2D eigenvalue weighted by molar-refractivity contribution is 5.91. The maximum Gasteiger partial charge on any atom is 0.410 e. The molecule has 332 valence electrons. The molecule has 12 nitrogen and oxygen atoms in total. The van der Waals surface area contributed by atoms with Gasteiger partial charge < -0.3 is 28.7 Å². The van der Waals surface area contributed by atoms with E-state index in [1.54, 1.807) is 30.3 Å². The second-order valence-corrected chi connectivity index (χ2v) is 16.8. The normalized spacial score (nSPS) is 15.6. The van der Waals surface area contributed by atoms with Crippen LogP contribution in [0, 0.1) is 17.1 Å². The van der Waals surface area contributed by atoms with Crippen molar-refractivity contribution in [3.63, 3.8) is 0 Å². The van der Waals surface area contributed by atoms with Gasteiger partial charge in [-0.15, -0.1) is 0 Å². The molecule has 64 heavy (non-hydrogen) atoms. The quantitative estimate of drug-likeness (QED) is 0.0849. The van der Waals surface area contributed by atoms with E-state index in [2.05, 4.69) is 10.4 Å². The second-order valence-electron chi connectivity index (χ2n) is 16.8. The summed E-state index contributed by atoms with van der Waals surface area (Å²) in [7, 11) is 1.59. The van der Waals surface area contributed by atoms with Gasteiger partial charge in [-0.25, -0.2) is 24.5 Å². The number of halogens is 1. The molecule has 5 aromatic rings. The van der Waals surface area contributed by atoms with Gasteiger partial charge in [0, 0.05) is 56.5 Å². The summed E-state index contributed by atoms with van der Waals surface area (Å²) in [5.41, 5.74) is 7.29. The number of hydrogen-bond acceptors (Lipinski definition) is 10. The van der Waals surface area contributed by atoms with E-state index in [4.69, 9.17) is 28.8 Å². The van der Waals surface area contributed by atoms with Crippen molar-refractivity contribution in [1.29, 1.82) is 5.26 Å². The van der Waals surface area contributed by atoms with Gasteiger partial charge >= 0.3 is 6.09 Å². The number of piperidine rings is 1. The minimum atomic E-state index is -0.691. The molecule has 3 heterocycles. The first-order chi connectivity index (χ1) is 31.0. The number of aromatic nitrogens is 1. The van der Waals surface area contributed by atoms with Gasteiger partial charge in [-0.2, -0.15) is 5.26 Å². The summed E-state index contributed by atoms with van der Waals surface area (Å²) < 4.78 is 38.5. The van der Waals surface area contributed by atoms with Crippen LogP contribution in [0.15, 0.2) is 109 Å². The minimum absolute atomic E-state index is 0.0407. The van der Waals surface area contributed by atoms with Gasteiger partial charge in [-0.1, -0.05) is 66.7 Å². The Morgan fingerprint density at radius 3 is 2.36 bits per heavy atom. The number of hydroxylamine groups is 1. The highest BCUT2D eigenvalue weighted by Crippen LogP contribution is 2.39. The molecule has 1 atom stereocenters. The second kappa shape index (κ2) is 21.1. The van der Waals surface area contributed by atoms with E-state index in [-0.39, 0.29) is 17.5 Å². The lowest BCUT2D eigenvalue weighted by molar-refractivity contribution is -0.198. The third kappa shape index (κ3) is 12.0. The molecule has 2 fully saturated rings. The molecule has 0 spiro atoms. The Bertz CT molecular complexity index is 2450. The van der Waals surface area contributed by atoms with E-state index in [0.29, 0.717) is 68.6 Å². The number of benzene rings is 4. The first-order valence-corrected chi connectivity index (χ1v) is 21.6. The fraction of sp³-hybridized carbons (Fsp3) is 0.333. The van der Waals surface area contributed by atoms with E-state index in [1.807, 2.05) is 106 Å². The van der Waals surface area contributed by atoms with E-state index >= 15 is 4.39 Å². The van der Waals surface area contributed by atoms with Gasteiger partial charge in [0.2, 0.25) is 0 Å². The molecular weight excluding hydrogens is 814 g/mol. The molecular formula is C51H54FN5O7. The van der Waals surface area contributed by atoms with Gasteiger partial charge in [0.25, 0.3) is 5.91 Å². The van der Waals surface area contributed by atoms with Crippen LogP contribution in [-0.4, -0.2) is 66.6 Å². The van der Waals surface area contributed by atoms with Crippen LogP contribution < -0.4 is 19.9 Å². The van der Waals surface area contributed by atoms with Crippen molar-refractivity contribution < 1.29 is 37.8 Å². The maximum absolute atomic E-state index is 15.2. The Balaban J connectivity index is 1.08. The summed E-state index contributed by atoms with van der Waals surface area (Å²) >= 11 is 0. The van der Waals surface area contributed by atoms with Gasteiger partial charge in [0.15, 0.2) is 17.8 Å². The van der Waals surface area contributed by atoms with Crippen molar-refractivity contribution >= 4 is 23.9 Å². The number of nitrogens with zero attached hydrogens (tertiary/aromatic N) is 4. The van der Waals surface area contributed by atoms with E-state index in [0.717, 1.165) is 52.6 Å². The number of anilines is 1. The molecule has 0 saturated carbocycles. The van der Waals surface area contributed by atoms with Crippen LogP contribution in [0.25, 0.3) is 28.3 Å². The molecule has 13 heteroatoms. The molecule has 2 saturated heterocycles. The topological polar surface area (TPSA) is 135 Å². The lowest BCUT2D eigenvalue weighted by atomic mass is 9.94. The highest BCUT2D eigenvalue weighted by Gasteiger charge is 2.32. The molecule has 0 bridgehead atoms. The molecule has 1 aromatic heterocycles. The lowest BCUT2D eigenvalue weighted by Gasteiger charge is -2.39. The molecule has 0 radical (unpaired) electrons. The number of methoxy groups -OCH3 is 1. The molecule has 7 rings (SSSR count). The van der Waals surface area contributed by atoms with Crippen molar-refractivity contribution in [3.8, 4) is 39.8 Å². The number of pyridine rings is 1. The average Bonchev–Trinajstić information content (AvgIpc) is 3.31. The van der Waals surface area contributed by atoms with Crippen LogP contribution in [0.2, 0.25) is 0 Å². The van der Waals surface area contributed by atoms with Gasteiger partial charge in [-0.05, 0) is 116 Å². The fourth-order valence-electron chi connectivity index (χ4n) is 7.69. The molecule has 1 N–H and O–H groups in total. The predicted octanol–water partition coefficient (Wildman–Crippen LogP) is 10.0. The maximum atomic E-state index is 15.2. The standard InChI is InChI=1S/C51H54FN5O7/c1-51(2,3)63-50(59)57(33-36-15-13-35(14-16-36)17-22-48(58)55-64-49-12-8-9-27-61-49)41-23-25-56(26-24-41)47-30-42(38-18-19-40(31-53)44(52)28-38)43(32-54-47)39-20-21-45(60-4)46(29-39)62-34-37-10-6-5-7-11-37/h5-7,10-11,13-22,28-30,32,41,49H,8-9,12,23-27,33-34H2,1-4H3,(H,55,58)/b22-17+. The van der Waals surface area contributed by atoms with Crippen molar-refractivity contribution in [3.05, 3.63) is 137 Å². The van der Waals surface area contributed by atoms with Gasteiger partial charge in [0.1, 0.15) is 29.9 Å². The van der Waals surface area contributed by atoms with Crippen LogP contribution in [0.1, 0.15) is 75.1 Å². The Hall–Kier alpha value is -6.75.